The third kappa shape index (κ3) is 33.9. The lowest BCUT2D eigenvalue weighted by atomic mass is 9.86. The number of hydrogen-bond donors (Lipinski definition) is 6. The van der Waals surface area contributed by atoms with Crippen molar-refractivity contribution in [3.05, 3.63) is 0 Å². The number of carbonyl (C=O) groups excluding carboxylic acids is 14. The zero-order valence-corrected chi connectivity index (χ0v) is 63.1. The lowest BCUT2D eigenvalue weighted by Gasteiger charge is -2.44. The summed E-state index contributed by atoms with van der Waals surface area (Å²) in [4.78, 5) is 177. The van der Waals surface area contributed by atoms with Crippen molar-refractivity contribution in [2.75, 3.05) is 79.3 Å². The van der Waals surface area contributed by atoms with Crippen LogP contribution in [0.3, 0.4) is 0 Å². The molecule has 0 aromatic heterocycles. The molecule has 4 fully saturated rings. The molecule has 0 aromatic rings. The summed E-state index contributed by atoms with van der Waals surface area (Å²) in [5, 5.41) is 24.1. The number of Topliss-reactive ketones (excluding diaryl/α,β-unsaturated/α-hetero) is 3. The third-order valence-corrected chi connectivity index (χ3v) is 18.1. The van der Waals surface area contributed by atoms with E-state index in [2.05, 4.69) is 26.6 Å². The molecule has 3 heterocycles. The van der Waals surface area contributed by atoms with E-state index in [4.69, 9.17) is 71.1 Å². The molecule has 6 N–H and O–H groups in total. The second-order valence-corrected chi connectivity index (χ2v) is 27.0. The summed E-state index contributed by atoms with van der Waals surface area (Å²) in [6.45, 7) is 15.6. The van der Waals surface area contributed by atoms with Crippen molar-refractivity contribution in [2.24, 2.45) is 23.7 Å². The summed E-state index contributed by atoms with van der Waals surface area (Å²) in [6, 6.07) is -4.68. The number of aliphatic hydroxyl groups is 1. The van der Waals surface area contributed by atoms with Gasteiger partial charge in [-0.1, -0.05) is 20.8 Å². The molecular weight excluding hydrogens is 1400 g/mol. The average Bonchev–Trinajstić information content (AvgIpc) is 0.808. The number of hydrogen-bond acceptors (Lipinski definition) is 30. The van der Waals surface area contributed by atoms with Gasteiger partial charge in [-0.3, -0.25) is 67.1 Å². The van der Waals surface area contributed by atoms with Crippen LogP contribution >= 0.6 is 0 Å². The highest BCUT2D eigenvalue weighted by molar-refractivity contribution is 5.92. The van der Waals surface area contributed by atoms with Crippen LogP contribution in [0.4, 0.5) is 0 Å². The zero-order chi connectivity index (χ0) is 78.6. The maximum Gasteiger partial charge on any atom is 0.303 e. The van der Waals surface area contributed by atoms with Gasteiger partial charge in [0.1, 0.15) is 62.2 Å². The van der Waals surface area contributed by atoms with Gasteiger partial charge in [-0.05, 0) is 57.8 Å². The summed E-state index contributed by atoms with van der Waals surface area (Å²) in [5.74, 6) is -9.13. The standard InChI is InChI=1S/C71H113N5O30/c1-39-62(72-42(4)77)69(104-58(36-98-45(7)80)65(39)101-48(10)83)95-33-30-92-27-13-16-52(86)23-24-54(56(88)17-14-28-93-31-34-96-70-63(73-43(5)78)40(2)66(102-49(11)84)59(105-70)37-99-46(8)81)75-61(90)26-25-55(76-68(91)51-19-21-53(87)22-20-51)57(89)18-15-29-94-32-35-97-71-64(74-44(6)79)41(3)67(103-50(12)85)60(106-71)38-100-47(9)82/h39-41,51,53-55,58-60,62-67,69-71,87H,13-38H2,1-12H3,(H,72,77)(H,73,78)(H,74,79)(H,75,90)(H,76,91). The molecule has 35 heteroatoms. The predicted molar refractivity (Wildman–Crippen MR) is 366 cm³/mol. The Labute approximate surface area is 618 Å². The van der Waals surface area contributed by atoms with Crippen molar-refractivity contribution in [1.82, 2.24) is 26.6 Å². The van der Waals surface area contributed by atoms with Crippen LogP contribution in [0.25, 0.3) is 0 Å². The smallest absolute Gasteiger partial charge is 0.303 e. The fraction of sp³-hybridized carbons (Fsp3) is 0.803. The summed E-state index contributed by atoms with van der Waals surface area (Å²) >= 11 is 0. The van der Waals surface area contributed by atoms with Gasteiger partial charge in [0.2, 0.25) is 29.5 Å². The molecule has 0 spiro atoms. The minimum absolute atomic E-state index is 0.000640. The first-order chi connectivity index (χ1) is 50.2. The minimum Gasteiger partial charge on any atom is -0.463 e. The molecule has 17 unspecified atom stereocenters. The van der Waals surface area contributed by atoms with Gasteiger partial charge in [0.15, 0.2) is 30.4 Å². The first-order valence-electron chi connectivity index (χ1n) is 36.4. The topological polar surface area (TPSA) is 458 Å². The molecule has 35 nitrogen and oxygen atoms in total. The van der Waals surface area contributed by atoms with Gasteiger partial charge in [-0.2, -0.15) is 0 Å². The van der Waals surface area contributed by atoms with Gasteiger partial charge in [0, 0.05) is 138 Å². The molecule has 3 aliphatic heterocycles. The highest BCUT2D eigenvalue weighted by Gasteiger charge is 2.50. The SMILES string of the molecule is CC(=O)NC1C(OCCOCCCC(=O)CCC(NC(=O)CCC(NC(=O)C2CCC(O)CC2)C(=O)CCCOCCOC2OC(COC(C)=O)C(OC(C)=O)C(C)C2NC(C)=O)C(=O)CCCOCCOC2OC(COC(C)=O)C(OC(C)=O)C(C)C2NC(C)=O)OC(COC(C)=O)C(OC(C)=O)C1C. The van der Waals surface area contributed by atoms with Crippen molar-refractivity contribution in [3.63, 3.8) is 0 Å². The van der Waals surface area contributed by atoms with Crippen LogP contribution < -0.4 is 26.6 Å². The largest absolute Gasteiger partial charge is 0.463 e. The van der Waals surface area contributed by atoms with Gasteiger partial charge in [0.25, 0.3) is 0 Å². The van der Waals surface area contributed by atoms with Gasteiger partial charge in [0.05, 0.1) is 76.0 Å². The Morgan fingerprint density at radius 2 is 0.726 bits per heavy atom. The van der Waals surface area contributed by atoms with Crippen LogP contribution in [-0.2, 0) is 138 Å². The molecule has 3 saturated heterocycles. The monoisotopic (exact) mass is 1520 g/mol. The average molecular weight is 1520 g/mol. The molecule has 5 amide bonds. The number of nitrogens with one attached hydrogen (secondary N) is 5. The van der Waals surface area contributed by atoms with E-state index in [-0.39, 0.29) is 149 Å². The molecule has 1 saturated carbocycles. The van der Waals surface area contributed by atoms with E-state index in [1.54, 1.807) is 20.8 Å². The minimum atomic E-state index is -1.17. The van der Waals surface area contributed by atoms with Crippen LogP contribution in [0, 0.1) is 23.7 Å². The van der Waals surface area contributed by atoms with Gasteiger partial charge >= 0.3 is 35.8 Å². The maximum absolute atomic E-state index is 14.1. The first kappa shape index (κ1) is 91.2. The van der Waals surface area contributed by atoms with Crippen LogP contribution in [0.1, 0.15) is 173 Å². The lowest BCUT2D eigenvalue weighted by molar-refractivity contribution is -0.264. The molecule has 0 aromatic carbocycles. The molecule has 4 aliphatic rings. The summed E-state index contributed by atoms with van der Waals surface area (Å²) in [7, 11) is 0. The van der Waals surface area contributed by atoms with Crippen molar-refractivity contribution in [1.29, 1.82) is 0 Å². The van der Waals surface area contributed by atoms with E-state index in [9.17, 15) is 72.2 Å². The fourth-order valence-electron chi connectivity index (χ4n) is 12.9. The third-order valence-electron chi connectivity index (χ3n) is 18.1. The van der Waals surface area contributed by atoms with E-state index in [1.807, 2.05) is 0 Å². The normalized spacial score (nSPS) is 26.9. The number of aliphatic hydroxyl groups excluding tert-OH is 1. The Morgan fingerprint density at radius 3 is 1.06 bits per heavy atom. The molecule has 4 rings (SSSR count). The molecule has 106 heavy (non-hydrogen) atoms. The molecule has 1 aliphatic carbocycles. The molecule has 17 atom stereocenters. The highest BCUT2D eigenvalue weighted by atomic mass is 16.7. The summed E-state index contributed by atoms with van der Waals surface area (Å²) in [5.41, 5.74) is 0. The molecule has 602 valence electrons. The van der Waals surface area contributed by atoms with Gasteiger partial charge in [-0.15, -0.1) is 0 Å². The Bertz CT molecular complexity index is 2870. The van der Waals surface area contributed by atoms with Gasteiger partial charge < -0.3 is 103 Å². The Kier molecular flexibility index (Phi) is 41.5. The van der Waals surface area contributed by atoms with Crippen molar-refractivity contribution < 1.29 is 143 Å². The second kappa shape index (κ2) is 48.2. The second-order valence-electron chi connectivity index (χ2n) is 27.0. The summed E-state index contributed by atoms with van der Waals surface area (Å²) in [6.07, 6.45) is -8.05. The van der Waals surface area contributed by atoms with E-state index >= 15 is 0 Å². The number of ether oxygens (including phenoxy) is 15. The Hall–Kier alpha value is -7.22. The van der Waals surface area contributed by atoms with Crippen LogP contribution in [0.15, 0.2) is 0 Å². The van der Waals surface area contributed by atoms with Crippen molar-refractivity contribution >= 4 is 82.7 Å². The fourth-order valence-corrected chi connectivity index (χ4v) is 12.9. The number of carbonyl (C=O) groups is 14. The number of esters is 6. The van der Waals surface area contributed by atoms with Crippen LogP contribution in [-0.4, -0.2) is 259 Å². The predicted octanol–water partition coefficient (Wildman–Crippen LogP) is 1.30. The van der Waals surface area contributed by atoms with Crippen LogP contribution in [0.2, 0.25) is 0 Å². The van der Waals surface area contributed by atoms with Gasteiger partial charge in [-0.25, -0.2) is 0 Å². The van der Waals surface area contributed by atoms with Crippen molar-refractivity contribution in [2.45, 2.75) is 265 Å². The number of rotatable bonds is 47. The molecule has 0 radical (unpaired) electrons. The van der Waals surface area contributed by atoms with E-state index in [0.29, 0.717) is 25.7 Å². The quantitative estimate of drug-likeness (QED) is 0.0284. The lowest BCUT2D eigenvalue weighted by Crippen LogP contribution is -2.62. The first-order valence-corrected chi connectivity index (χ1v) is 36.4. The van der Waals surface area contributed by atoms with E-state index in [1.165, 1.54) is 62.3 Å². The summed E-state index contributed by atoms with van der Waals surface area (Å²) < 4.78 is 85.6. The highest BCUT2D eigenvalue weighted by Crippen LogP contribution is 2.33. The zero-order valence-electron chi connectivity index (χ0n) is 63.1. The van der Waals surface area contributed by atoms with Crippen molar-refractivity contribution in [3.8, 4) is 0 Å². The maximum atomic E-state index is 14.1. The van der Waals surface area contributed by atoms with E-state index in [0.717, 1.165) is 0 Å². The number of amides is 5. The molecule has 0 bridgehead atoms. The molecular formula is C71H113N5O30. The Morgan fingerprint density at radius 1 is 0.396 bits per heavy atom. The number of ketones is 3. The van der Waals surface area contributed by atoms with E-state index < -0.39 is 192 Å². The van der Waals surface area contributed by atoms with Crippen LogP contribution in [0.5, 0.6) is 0 Å². The Balaban J connectivity index is 1.39.